The summed E-state index contributed by atoms with van der Waals surface area (Å²) < 4.78 is 6.87. The van der Waals surface area contributed by atoms with Gasteiger partial charge in [-0.25, -0.2) is 5.01 Å². The van der Waals surface area contributed by atoms with Crippen LogP contribution in [-0.2, 0) is 9.59 Å². The number of hydrogen-bond acceptors (Lipinski definition) is 3. The lowest BCUT2D eigenvalue weighted by molar-refractivity contribution is -0.117. The number of hydrogen-bond donors (Lipinski definition) is 1. The van der Waals surface area contributed by atoms with Crippen molar-refractivity contribution in [1.82, 2.24) is 5.43 Å². The predicted octanol–water partition coefficient (Wildman–Crippen LogP) is 3.11. The fraction of sp³-hybridized carbons (Fsp3) is 0. The molecule has 0 bridgehead atoms. The number of nitrogens with zero attached hydrogens (tertiary/aromatic N) is 1. The van der Waals surface area contributed by atoms with E-state index in [2.05, 4.69) is 43.9 Å². The normalized spacial score (nSPS) is 16.7. The zero-order valence-electron chi connectivity index (χ0n) is 10.5. The van der Waals surface area contributed by atoms with E-state index in [-0.39, 0.29) is 5.57 Å². The molecular weight excluding hydrogens is 451 g/mol. The van der Waals surface area contributed by atoms with Crippen LogP contribution < -0.4 is 10.4 Å². The number of hydrazine groups is 1. The van der Waals surface area contributed by atoms with Crippen LogP contribution in [0.1, 0.15) is 5.76 Å². The molecule has 0 radical (unpaired) electrons. The van der Waals surface area contributed by atoms with Gasteiger partial charge in [0.05, 0.1) is 5.69 Å². The molecule has 1 aliphatic rings. The monoisotopic (exact) mass is 458 g/mol. The first-order valence-electron chi connectivity index (χ1n) is 5.92. The van der Waals surface area contributed by atoms with Crippen LogP contribution in [0.5, 0.6) is 0 Å². The van der Waals surface area contributed by atoms with E-state index >= 15 is 0 Å². The molecule has 0 aliphatic carbocycles. The lowest BCUT2D eigenvalue weighted by Crippen LogP contribution is -2.35. The van der Waals surface area contributed by atoms with Crippen molar-refractivity contribution in [2.75, 3.05) is 5.01 Å². The van der Waals surface area contributed by atoms with Crippen LogP contribution in [0.3, 0.4) is 0 Å². The summed E-state index contributed by atoms with van der Waals surface area (Å²) >= 11 is 5.35. The average molecular weight is 459 g/mol. The van der Waals surface area contributed by atoms with Crippen molar-refractivity contribution in [2.45, 2.75) is 0 Å². The minimum atomic E-state index is -0.453. The first kappa shape index (κ1) is 14.3. The van der Waals surface area contributed by atoms with Gasteiger partial charge in [-0.2, -0.15) is 0 Å². The molecule has 7 heteroatoms. The summed E-state index contributed by atoms with van der Waals surface area (Å²) in [6, 6.07) is 10.6. The van der Waals surface area contributed by atoms with Gasteiger partial charge in [0.1, 0.15) is 11.3 Å². The van der Waals surface area contributed by atoms with Gasteiger partial charge in [0.2, 0.25) is 0 Å². The number of benzene rings is 1. The smallest absolute Gasteiger partial charge is 0.282 e. The van der Waals surface area contributed by atoms with E-state index in [0.717, 1.165) is 3.57 Å². The number of anilines is 1. The number of rotatable bonds is 2. The van der Waals surface area contributed by atoms with E-state index in [1.165, 1.54) is 11.1 Å². The fourth-order valence-electron chi connectivity index (χ4n) is 1.88. The lowest BCUT2D eigenvalue weighted by Gasteiger charge is -2.14. The number of furan rings is 1. The molecule has 1 aromatic heterocycles. The molecule has 1 saturated heterocycles. The Morgan fingerprint density at radius 2 is 1.86 bits per heavy atom. The van der Waals surface area contributed by atoms with Crippen LogP contribution in [0.4, 0.5) is 5.69 Å². The summed E-state index contributed by atoms with van der Waals surface area (Å²) in [6.45, 7) is 0. The SMILES string of the molecule is O=C1NN(c2ccc(I)cc2)C(=O)/C1=C/c1ccc(Br)o1. The molecule has 5 nitrogen and oxygen atoms in total. The third-order valence-electron chi connectivity index (χ3n) is 2.86. The van der Waals surface area contributed by atoms with E-state index in [0.29, 0.717) is 16.1 Å². The maximum absolute atomic E-state index is 12.3. The molecule has 0 saturated carbocycles. The van der Waals surface area contributed by atoms with E-state index in [4.69, 9.17) is 4.42 Å². The molecule has 1 fully saturated rings. The van der Waals surface area contributed by atoms with Gasteiger partial charge >= 0.3 is 0 Å². The number of halogens is 2. The molecule has 106 valence electrons. The van der Waals surface area contributed by atoms with Gasteiger partial charge in [-0.05, 0) is 81.0 Å². The number of nitrogens with one attached hydrogen (secondary N) is 1. The Hall–Kier alpha value is -1.61. The molecule has 1 aliphatic heterocycles. The highest BCUT2D eigenvalue weighted by atomic mass is 127. The molecule has 0 unspecified atom stereocenters. The average Bonchev–Trinajstić information content (AvgIpc) is 2.98. The fourth-order valence-corrected chi connectivity index (χ4v) is 2.56. The largest absolute Gasteiger partial charge is 0.450 e. The van der Waals surface area contributed by atoms with Gasteiger partial charge in [0.15, 0.2) is 4.67 Å². The van der Waals surface area contributed by atoms with E-state index in [9.17, 15) is 9.59 Å². The van der Waals surface area contributed by atoms with Crippen molar-refractivity contribution in [2.24, 2.45) is 0 Å². The van der Waals surface area contributed by atoms with Crippen LogP contribution >= 0.6 is 38.5 Å². The van der Waals surface area contributed by atoms with Gasteiger partial charge in [0, 0.05) is 3.57 Å². The van der Waals surface area contributed by atoms with Crippen LogP contribution in [0.15, 0.2) is 51.1 Å². The molecule has 2 aromatic rings. The van der Waals surface area contributed by atoms with Crippen molar-refractivity contribution < 1.29 is 14.0 Å². The Kier molecular flexibility index (Phi) is 3.85. The zero-order chi connectivity index (χ0) is 15.0. The number of carbonyl (C=O) groups excluding carboxylic acids is 2. The zero-order valence-corrected chi connectivity index (χ0v) is 14.2. The Balaban J connectivity index is 1.92. The molecule has 0 spiro atoms. The molecule has 0 atom stereocenters. The second-order valence-corrected chi connectivity index (χ2v) is 6.29. The molecular formula is C14H8BrIN2O3. The summed E-state index contributed by atoms with van der Waals surface area (Å²) in [6.07, 6.45) is 1.43. The summed E-state index contributed by atoms with van der Waals surface area (Å²) in [5.74, 6) is -0.426. The predicted molar refractivity (Wildman–Crippen MR) is 89.2 cm³/mol. The molecule has 1 N–H and O–H groups in total. The van der Waals surface area contributed by atoms with Crippen LogP contribution in [0.2, 0.25) is 0 Å². The maximum Gasteiger partial charge on any atom is 0.282 e. The number of amides is 2. The second-order valence-electron chi connectivity index (χ2n) is 4.26. The second kappa shape index (κ2) is 5.64. The highest BCUT2D eigenvalue weighted by Gasteiger charge is 2.34. The Morgan fingerprint density at radius 3 is 2.48 bits per heavy atom. The van der Waals surface area contributed by atoms with Gasteiger partial charge < -0.3 is 4.42 Å². The Bertz CT molecular complexity index is 752. The quantitative estimate of drug-likeness (QED) is 0.427. The van der Waals surface area contributed by atoms with Crippen molar-refractivity contribution in [3.05, 3.63) is 56.0 Å². The summed E-state index contributed by atoms with van der Waals surface area (Å²) in [5, 5.41) is 1.22. The molecule has 2 heterocycles. The standard InChI is InChI=1S/C14H8BrIN2O3/c15-12-6-5-10(21-12)7-11-13(19)17-18(14(11)20)9-3-1-8(16)2-4-9/h1-7H,(H,17,19)/b11-7+. The third kappa shape index (κ3) is 2.88. The lowest BCUT2D eigenvalue weighted by atomic mass is 10.2. The van der Waals surface area contributed by atoms with E-state index < -0.39 is 11.8 Å². The van der Waals surface area contributed by atoms with Gasteiger partial charge in [-0.1, -0.05) is 0 Å². The first-order chi connectivity index (χ1) is 10.0. The van der Waals surface area contributed by atoms with Crippen LogP contribution in [-0.4, -0.2) is 11.8 Å². The van der Waals surface area contributed by atoms with Crippen LogP contribution in [0, 0.1) is 3.57 Å². The van der Waals surface area contributed by atoms with Gasteiger partial charge in [0.25, 0.3) is 11.8 Å². The molecule has 3 rings (SSSR count). The van der Waals surface area contributed by atoms with E-state index in [1.54, 1.807) is 24.3 Å². The van der Waals surface area contributed by atoms with Crippen molar-refractivity contribution >= 4 is 62.1 Å². The van der Waals surface area contributed by atoms with Crippen LogP contribution in [0.25, 0.3) is 6.08 Å². The Labute approximate surface area is 142 Å². The highest BCUT2D eigenvalue weighted by Crippen LogP contribution is 2.23. The van der Waals surface area contributed by atoms with Gasteiger partial charge in [-0.3, -0.25) is 15.0 Å². The van der Waals surface area contributed by atoms with E-state index in [1.807, 2.05) is 12.1 Å². The van der Waals surface area contributed by atoms with Crippen molar-refractivity contribution in [3.8, 4) is 0 Å². The summed E-state index contributed by atoms with van der Waals surface area (Å²) in [7, 11) is 0. The molecule has 2 amide bonds. The minimum absolute atomic E-state index is 0.0374. The third-order valence-corrected chi connectivity index (χ3v) is 4.00. The minimum Gasteiger partial charge on any atom is -0.450 e. The molecule has 1 aromatic carbocycles. The summed E-state index contributed by atoms with van der Waals surface area (Å²) in [5.41, 5.74) is 3.18. The van der Waals surface area contributed by atoms with Gasteiger partial charge in [-0.15, -0.1) is 0 Å². The Morgan fingerprint density at radius 1 is 1.14 bits per heavy atom. The first-order valence-corrected chi connectivity index (χ1v) is 7.80. The van der Waals surface area contributed by atoms with Crippen molar-refractivity contribution in [3.63, 3.8) is 0 Å². The highest BCUT2D eigenvalue weighted by molar-refractivity contribution is 14.1. The number of carbonyl (C=O) groups is 2. The molecule has 21 heavy (non-hydrogen) atoms. The summed E-state index contributed by atoms with van der Waals surface area (Å²) in [4.78, 5) is 24.3. The topological polar surface area (TPSA) is 62.6 Å². The van der Waals surface area contributed by atoms with Crippen molar-refractivity contribution in [1.29, 1.82) is 0 Å². The maximum atomic E-state index is 12.3.